The number of aromatic nitrogens is 1. The van der Waals surface area contributed by atoms with Crippen LogP contribution in [0.2, 0.25) is 0 Å². The third-order valence-corrected chi connectivity index (χ3v) is 6.25. The third-order valence-electron chi connectivity index (χ3n) is 5.02. The average molecular weight is 455 g/mol. The van der Waals surface area contributed by atoms with Crippen LogP contribution >= 0.6 is 11.3 Å². The number of rotatable bonds is 9. The minimum atomic E-state index is -0.360. The Hall–Kier alpha value is -2.93. The normalized spacial score (nSPS) is 11.7. The van der Waals surface area contributed by atoms with Gasteiger partial charge in [0.15, 0.2) is 4.80 Å². The number of ether oxygens (including phenoxy) is 2. The van der Waals surface area contributed by atoms with Gasteiger partial charge in [-0.05, 0) is 68.7 Å². The molecule has 0 N–H and O–H groups in total. The largest absolute Gasteiger partial charge is 0.494 e. The molecule has 0 radical (unpaired) electrons. The standard InChI is InChI=1S/C25H30N2O4S/c1-5-7-8-13-31-20-11-9-19(10-12-20)24(29)26-25-27(16-22(28)30-6-2)21-15-17(3)14-18(4)23(21)32-25/h9-12,14-15H,5-8,13,16H2,1-4H3. The fourth-order valence-corrected chi connectivity index (χ4v) is 4.55. The van der Waals surface area contributed by atoms with Gasteiger partial charge in [0.2, 0.25) is 0 Å². The summed E-state index contributed by atoms with van der Waals surface area (Å²) in [5.41, 5.74) is 3.51. The number of hydrogen-bond donors (Lipinski definition) is 0. The Morgan fingerprint density at radius 1 is 1.06 bits per heavy atom. The van der Waals surface area contributed by atoms with Crippen LogP contribution in [0.4, 0.5) is 0 Å². The topological polar surface area (TPSA) is 69.9 Å². The lowest BCUT2D eigenvalue weighted by Crippen LogP contribution is -2.23. The van der Waals surface area contributed by atoms with Crippen molar-refractivity contribution in [2.45, 2.75) is 53.5 Å². The molecule has 1 amide bonds. The number of carbonyl (C=O) groups excluding carboxylic acids is 2. The van der Waals surface area contributed by atoms with Gasteiger partial charge in [0.1, 0.15) is 12.3 Å². The molecule has 3 rings (SSSR count). The van der Waals surface area contributed by atoms with Crippen LogP contribution in [-0.2, 0) is 16.1 Å². The second-order valence-corrected chi connectivity index (χ2v) is 8.68. The first-order chi connectivity index (χ1) is 15.4. The maximum absolute atomic E-state index is 12.9. The molecule has 0 spiro atoms. The fourth-order valence-electron chi connectivity index (χ4n) is 3.47. The van der Waals surface area contributed by atoms with Gasteiger partial charge >= 0.3 is 5.97 Å². The molecule has 6 nitrogen and oxygen atoms in total. The number of aryl methyl sites for hydroxylation is 2. The predicted molar refractivity (Wildman–Crippen MR) is 127 cm³/mol. The molecule has 32 heavy (non-hydrogen) atoms. The molecule has 0 atom stereocenters. The van der Waals surface area contributed by atoms with E-state index in [0.29, 0.717) is 23.6 Å². The molecule has 0 fully saturated rings. The Bertz CT molecular complexity index is 1160. The Morgan fingerprint density at radius 2 is 1.81 bits per heavy atom. The first-order valence-electron chi connectivity index (χ1n) is 11.0. The number of amides is 1. The number of carbonyl (C=O) groups is 2. The van der Waals surface area contributed by atoms with Crippen molar-refractivity contribution in [3.8, 4) is 5.75 Å². The summed E-state index contributed by atoms with van der Waals surface area (Å²) in [5.74, 6) is 0.0221. The SMILES string of the molecule is CCCCCOc1ccc(C(=O)N=c2sc3c(C)cc(C)cc3n2CC(=O)OCC)cc1. The molecular formula is C25H30N2O4S. The van der Waals surface area contributed by atoms with Crippen molar-refractivity contribution in [1.82, 2.24) is 4.57 Å². The molecule has 2 aromatic carbocycles. The van der Waals surface area contributed by atoms with E-state index in [4.69, 9.17) is 9.47 Å². The number of nitrogens with zero attached hydrogens (tertiary/aromatic N) is 2. The third kappa shape index (κ3) is 5.85. The first-order valence-corrected chi connectivity index (χ1v) is 11.8. The second-order valence-electron chi connectivity index (χ2n) is 7.70. The predicted octanol–water partition coefficient (Wildman–Crippen LogP) is 5.19. The van der Waals surface area contributed by atoms with Crippen molar-refractivity contribution in [3.63, 3.8) is 0 Å². The Morgan fingerprint density at radius 3 is 2.50 bits per heavy atom. The molecule has 1 aromatic heterocycles. The van der Waals surface area contributed by atoms with Gasteiger partial charge in [0.05, 0.1) is 23.4 Å². The van der Waals surface area contributed by atoms with E-state index >= 15 is 0 Å². The van der Waals surface area contributed by atoms with Crippen molar-refractivity contribution in [1.29, 1.82) is 0 Å². The van der Waals surface area contributed by atoms with Gasteiger partial charge in [-0.2, -0.15) is 4.99 Å². The summed E-state index contributed by atoms with van der Waals surface area (Å²) in [6.07, 6.45) is 3.29. The van der Waals surface area contributed by atoms with Crippen molar-refractivity contribution < 1.29 is 19.1 Å². The van der Waals surface area contributed by atoms with Gasteiger partial charge in [-0.3, -0.25) is 9.59 Å². The van der Waals surface area contributed by atoms with Gasteiger partial charge < -0.3 is 14.0 Å². The van der Waals surface area contributed by atoms with E-state index in [1.807, 2.05) is 19.9 Å². The number of benzene rings is 2. The molecule has 7 heteroatoms. The number of unbranched alkanes of at least 4 members (excludes halogenated alkanes) is 2. The van der Waals surface area contributed by atoms with Gasteiger partial charge in [0, 0.05) is 5.56 Å². The van der Waals surface area contributed by atoms with Gasteiger partial charge in [-0.15, -0.1) is 0 Å². The van der Waals surface area contributed by atoms with Crippen LogP contribution in [-0.4, -0.2) is 29.7 Å². The van der Waals surface area contributed by atoms with E-state index in [9.17, 15) is 9.59 Å². The highest BCUT2D eigenvalue weighted by molar-refractivity contribution is 7.16. The van der Waals surface area contributed by atoms with Crippen LogP contribution in [0.15, 0.2) is 41.4 Å². The molecule has 3 aromatic rings. The molecule has 0 aliphatic carbocycles. The number of esters is 1. The molecule has 0 unspecified atom stereocenters. The average Bonchev–Trinajstić information content (AvgIpc) is 3.09. The quantitative estimate of drug-likeness (QED) is 0.329. The minimum absolute atomic E-state index is 0.00733. The van der Waals surface area contributed by atoms with E-state index in [1.54, 1.807) is 35.8 Å². The highest BCUT2D eigenvalue weighted by atomic mass is 32.1. The second kappa shape index (κ2) is 11.1. The Kier molecular flexibility index (Phi) is 8.22. The smallest absolute Gasteiger partial charge is 0.326 e. The van der Waals surface area contributed by atoms with Crippen LogP contribution in [0.25, 0.3) is 10.2 Å². The first kappa shape index (κ1) is 23.7. The zero-order valence-corrected chi connectivity index (χ0v) is 20.0. The lowest BCUT2D eigenvalue weighted by molar-refractivity contribution is -0.143. The molecule has 0 bridgehead atoms. The maximum Gasteiger partial charge on any atom is 0.326 e. The summed E-state index contributed by atoms with van der Waals surface area (Å²) < 4.78 is 13.6. The van der Waals surface area contributed by atoms with E-state index < -0.39 is 0 Å². The summed E-state index contributed by atoms with van der Waals surface area (Å²) in [5, 5.41) is 0. The zero-order valence-electron chi connectivity index (χ0n) is 19.1. The lowest BCUT2D eigenvalue weighted by atomic mass is 10.1. The lowest BCUT2D eigenvalue weighted by Gasteiger charge is -2.07. The number of thiazole rings is 1. The number of fused-ring (bicyclic) bond motifs is 1. The van der Waals surface area contributed by atoms with Crippen molar-refractivity contribution in [2.24, 2.45) is 4.99 Å². The maximum atomic E-state index is 12.9. The summed E-state index contributed by atoms with van der Waals surface area (Å²) in [7, 11) is 0. The molecule has 0 saturated heterocycles. The fraction of sp³-hybridized carbons (Fsp3) is 0.400. The van der Waals surface area contributed by atoms with Gasteiger partial charge in [0.25, 0.3) is 5.91 Å². The monoisotopic (exact) mass is 454 g/mol. The van der Waals surface area contributed by atoms with Crippen molar-refractivity contribution in [2.75, 3.05) is 13.2 Å². The van der Waals surface area contributed by atoms with Gasteiger partial charge in [-0.1, -0.05) is 37.2 Å². The molecule has 0 aliphatic rings. The van der Waals surface area contributed by atoms with E-state index in [0.717, 1.165) is 46.4 Å². The zero-order chi connectivity index (χ0) is 23.1. The molecule has 0 aliphatic heterocycles. The van der Waals surface area contributed by atoms with Crippen LogP contribution in [0.3, 0.4) is 0 Å². The summed E-state index contributed by atoms with van der Waals surface area (Å²) >= 11 is 1.40. The van der Waals surface area contributed by atoms with E-state index in [1.165, 1.54) is 11.3 Å². The van der Waals surface area contributed by atoms with Crippen LogP contribution in [0.5, 0.6) is 5.75 Å². The highest BCUT2D eigenvalue weighted by Crippen LogP contribution is 2.24. The highest BCUT2D eigenvalue weighted by Gasteiger charge is 2.15. The summed E-state index contributed by atoms with van der Waals surface area (Å²) in [6.45, 7) is 8.93. The molecule has 0 saturated carbocycles. The van der Waals surface area contributed by atoms with Crippen molar-refractivity contribution >= 4 is 33.4 Å². The summed E-state index contributed by atoms with van der Waals surface area (Å²) in [6, 6.07) is 11.1. The van der Waals surface area contributed by atoms with Crippen LogP contribution in [0, 0.1) is 13.8 Å². The Balaban J connectivity index is 1.91. The van der Waals surface area contributed by atoms with E-state index in [2.05, 4.69) is 18.0 Å². The minimum Gasteiger partial charge on any atom is -0.494 e. The van der Waals surface area contributed by atoms with Gasteiger partial charge in [-0.25, -0.2) is 0 Å². The molecular weight excluding hydrogens is 424 g/mol. The molecule has 1 heterocycles. The Labute approximate surface area is 192 Å². The summed E-state index contributed by atoms with van der Waals surface area (Å²) in [4.78, 5) is 29.9. The van der Waals surface area contributed by atoms with Crippen LogP contribution in [0.1, 0.15) is 54.6 Å². The molecule has 170 valence electrons. The number of hydrogen-bond acceptors (Lipinski definition) is 5. The van der Waals surface area contributed by atoms with E-state index in [-0.39, 0.29) is 18.4 Å². The van der Waals surface area contributed by atoms with Crippen LogP contribution < -0.4 is 9.54 Å². The van der Waals surface area contributed by atoms with Crippen molar-refractivity contribution in [3.05, 3.63) is 57.9 Å².